The van der Waals surface area contributed by atoms with Gasteiger partial charge in [-0.15, -0.1) is 0 Å². The van der Waals surface area contributed by atoms with Crippen molar-refractivity contribution < 1.29 is 19.0 Å². The maximum atomic E-state index is 14.2. The minimum atomic E-state index is -0.563. The van der Waals surface area contributed by atoms with E-state index in [0.29, 0.717) is 23.3 Å². The van der Waals surface area contributed by atoms with Crippen molar-refractivity contribution in [2.75, 3.05) is 0 Å². The highest BCUT2D eigenvalue weighted by molar-refractivity contribution is 6.30. The average molecular weight is 429 g/mol. The van der Waals surface area contributed by atoms with Crippen molar-refractivity contribution in [2.24, 2.45) is 16.7 Å². The van der Waals surface area contributed by atoms with Crippen LogP contribution in [0.15, 0.2) is 42.2 Å². The Bertz CT molecular complexity index is 1070. The van der Waals surface area contributed by atoms with E-state index in [0.717, 1.165) is 18.4 Å². The van der Waals surface area contributed by atoms with E-state index < -0.39 is 11.2 Å². The Morgan fingerprint density at radius 2 is 1.93 bits per heavy atom. The van der Waals surface area contributed by atoms with E-state index in [9.17, 15) is 14.3 Å². The molecule has 4 rings (SSSR count). The molecule has 1 N–H and O–H groups in total. The first kappa shape index (κ1) is 20.9. The fourth-order valence-electron chi connectivity index (χ4n) is 5.06. The molecular formula is C25H26ClFO3. The van der Waals surface area contributed by atoms with E-state index in [1.807, 2.05) is 19.9 Å². The molecule has 2 aliphatic carbocycles. The third-order valence-corrected chi connectivity index (χ3v) is 7.63. The number of aliphatic hydroxyl groups is 1. The number of carbonyl (C=O) groups excluding carboxylic acids is 1. The second-order valence-corrected chi connectivity index (χ2v) is 9.52. The Labute approximate surface area is 181 Å². The molecule has 0 unspecified atom stereocenters. The van der Waals surface area contributed by atoms with Crippen LogP contribution >= 0.6 is 11.6 Å². The molecule has 0 spiro atoms. The fourth-order valence-corrected chi connectivity index (χ4v) is 5.22. The molecule has 0 aliphatic heterocycles. The SMILES string of the molecule is CCc1ccc(Oc2ccc(Cl)cc2F)cc1C1=C(O)[C@@H]2CC[C@](C)(C1=O)C2(C)C. The van der Waals surface area contributed by atoms with Gasteiger partial charge in [0.2, 0.25) is 0 Å². The fraction of sp³-hybridized carbons (Fsp3) is 0.400. The van der Waals surface area contributed by atoms with Crippen molar-refractivity contribution in [3.8, 4) is 11.5 Å². The standard InChI is InChI=1S/C25H26ClFO3/c1-5-14-6-8-16(30-20-9-7-15(26)12-19(20)27)13-17(14)21-22(28)18-10-11-25(4,23(21)29)24(18,2)3/h6-9,12-13,18,28H,5,10-11H2,1-4H3/t18-,25+/m0/s1. The number of rotatable bonds is 4. The largest absolute Gasteiger partial charge is 0.511 e. The Morgan fingerprint density at radius 3 is 2.60 bits per heavy atom. The summed E-state index contributed by atoms with van der Waals surface area (Å²) >= 11 is 5.82. The molecule has 1 saturated carbocycles. The van der Waals surface area contributed by atoms with E-state index in [4.69, 9.17) is 16.3 Å². The lowest BCUT2D eigenvalue weighted by Crippen LogP contribution is -2.45. The quantitative estimate of drug-likeness (QED) is 0.563. The molecule has 30 heavy (non-hydrogen) atoms. The number of benzene rings is 2. The Kier molecular flexibility index (Phi) is 4.97. The van der Waals surface area contributed by atoms with Crippen LogP contribution in [-0.4, -0.2) is 10.9 Å². The number of fused-ring (bicyclic) bond motifs is 2. The Hall–Kier alpha value is -2.33. The minimum Gasteiger partial charge on any atom is -0.511 e. The first-order valence-electron chi connectivity index (χ1n) is 10.3. The van der Waals surface area contributed by atoms with E-state index >= 15 is 0 Å². The van der Waals surface area contributed by atoms with Crippen LogP contribution in [0.4, 0.5) is 4.39 Å². The van der Waals surface area contributed by atoms with Gasteiger partial charge in [-0.2, -0.15) is 0 Å². The normalized spacial score (nSPS) is 25.0. The van der Waals surface area contributed by atoms with Crippen LogP contribution in [-0.2, 0) is 11.2 Å². The first-order valence-corrected chi connectivity index (χ1v) is 10.7. The molecule has 2 atom stereocenters. The predicted octanol–water partition coefficient (Wildman–Crippen LogP) is 7.13. The first-order chi connectivity index (χ1) is 14.1. The second-order valence-electron chi connectivity index (χ2n) is 9.08. The van der Waals surface area contributed by atoms with Crippen molar-refractivity contribution in [3.63, 3.8) is 0 Å². The van der Waals surface area contributed by atoms with Crippen molar-refractivity contribution in [1.82, 2.24) is 0 Å². The van der Waals surface area contributed by atoms with Gasteiger partial charge in [-0.3, -0.25) is 4.79 Å². The third-order valence-electron chi connectivity index (χ3n) is 7.39. The van der Waals surface area contributed by atoms with Crippen LogP contribution in [0.2, 0.25) is 5.02 Å². The predicted molar refractivity (Wildman–Crippen MR) is 116 cm³/mol. The summed E-state index contributed by atoms with van der Waals surface area (Å²) in [5, 5.41) is 11.4. The van der Waals surface area contributed by atoms with Gasteiger partial charge in [-0.25, -0.2) is 4.39 Å². The van der Waals surface area contributed by atoms with Gasteiger partial charge in [-0.1, -0.05) is 45.4 Å². The molecule has 2 aromatic carbocycles. The van der Waals surface area contributed by atoms with Crippen molar-refractivity contribution in [3.05, 3.63) is 64.1 Å². The Balaban J connectivity index is 1.82. The molecular weight excluding hydrogens is 403 g/mol. The molecule has 5 heteroatoms. The highest BCUT2D eigenvalue weighted by Gasteiger charge is 2.61. The topological polar surface area (TPSA) is 46.5 Å². The smallest absolute Gasteiger partial charge is 0.173 e. The summed E-state index contributed by atoms with van der Waals surface area (Å²) < 4.78 is 19.9. The maximum Gasteiger partial charge on any atom is 0.173 e. The zero-order chi connectivity index (χ0) is 21.8. The summed E-state index contributed by atoms with van der Waals surface area (Å²) in [5.74, 6) is -0.0208. The summed E-state index contributed by atoms with van der Waals surface area (Å²) in [6.07, 6.45) is 2.24. The van der Waals surface area contributed by atoms with E-state index in [1.54, 1.807) is 18.2 Å². The van der Waals surface area contributed by atoms with Crippen molar-refractivity contribution >= 4 is 23.0 Å². The van der Waals surface area contributed by atoms with Crippen LogP contribution in [0.5, 0.6) is 11.5 Å². The average Bonchev–Trinajstić information content (AvgIpc) is 2.87. The van der Waals surface area contributed by atoms with E-state index in [-0.39, 0.29) is 33.6 Å². The highest BCUT2D eigenvalue weighted by Crippen LogP contribution is 2.63. The number of halogens is 2. The number of Topliss-reactive ketones (excluding diaryl/α,β-unsaturated/α-hetero) is 1. The van der Waals surface area contributed by atoms with E-state index in [2.05, 4.69) is 13.8 Å². The number of hydrogen-bond acceptors (Lipinski definition) is 3. The molecule has 0 amide bonds. The Morgan fingerprint density at radius 1 is 1.20 bits per heavy atom. The zero-order valence-corrected chi connectivity index (χ0v) is 18.4. The van der Waals surface area contributed by atoms with Gasteiger partial charge in [0.1, 0.15) is 11.5 Å². The number of aliphatic hydroxyl groups excluding tert-OH is 1. The number of allylic oxidation sites excluding steroid dienone is 2. The molecule has 2 aromatic rings. The third kappa shape index (κ3) is 2.96. The van der Waals surface area contributed by atoms with E-state index in [1.165, 1.54) is 12.1 Å². The highest BCUT2D eigenvalue weighted by atomic mass is 35.5. The monoisotopic (exact) mass is 428 g/mol. The second kappa shape index (κ2) is 7.12. The van der Waals surface area contributed by atoms with Crippen LogP contribution in [0, 0.1) is 22.6 Å². The molecule has 0 saturated heterocycles. The van der Waals surface area contributed by atoms with Crippen LogP contribution in [0.1, 0.15) is 51.7 Å². The molecule has 1 fully saturated rings. The summed E-state index contributed by atoms with van der Waals surface area (Å²) in [5.41, 5.74) is 1.17. The van der Waals surface area contributed by atoms with Gasteiger partial charge in [0.05, 0.1) is 5.57 Å². The van der Waals surface area contributed by atoms with Crippen LogP contribution < -0.4 is 4.74 Å². The number of ketones is 1. The van der Waals surface area contributed by atoms with Crippen LogP contribution in [0.3, 0.4) is 0 Å². The molecule has 0 heterocycles. The molecule has 0 aromatic heterocycles. The van der Waals surface area contributed by atoms with Gasteiger partial charge in [0, 0.05) is 16.4 Å². The molecule has 158 valence electrons. The van der Waals surface area contributed by atoms with Gasteiger partial charge in [-0.05, 0) is 66.1 Å². The summed E-state index contributed by atoms with van der Waals surface area (Å²) in [6, 6.07) is 9.57. The molecule has 0 radical (unpaired) electrons. The summed E-state index contributed by atoms with van der Waals surface area (Å²) in [7, 11) is 0. The summed E-state index contributed by atoms with van der Waals surface area (Å²) in [4.78, 5) is 13.6. The lowest BCUT2D eigenvalue weighted by molar-refractivity contribution is -0.128. The number of hydrogen-bond donors (Lipinski definition) is 1. The number of ether oxygens (including phenoxy) is 1. The van der Waals surface area contributed by atoms with Gasteiger partial charge >= 0.3 is 0 Å². The van der Waals surface area contributed by atoms with Crippen molar-refractivity contribution in [2.45, 2.75) is 47.0 Å². The van der Waals surface area contributed by atoms with Crippen LogP contribution in [0.25, 0.3) is 5.57 Å². The minimum absolute atomic E-state index is 0.0247. The van der Waals surface area contributed by atoms with Gasteiger partial charge < -0.3 is 9.84 Å². The van der Waals surface area contributed by atoms with Gasteiger partial charge in [0.25, 0.3) is 0 Å². The van der Waals surface area contributed by atoms with Crippen molar-refractivity contribution in [1.29, 1.82) is 0 Å². The number of carbonyl (C=O) groups is 1. The molecule has 2 bridgehead atoms. The lowest BCUT2D eigenvalue weighted by Gasteiger charge is -2.45. The lowest BCUT2D eigenvalue weighted by atomic mass is 9.58. The van der Waals surface area contributed by atoms with Gasteiger partial charge in [0.15, 0.2) is 17.3 Å². The molecule has 2 aliphatic rings. The molecule has 3 nitrogen and oxygen atoms in total. The number of aryl methyl sites for hydroxylation is 1. The maximum absolute atomic E-state index is 14.2. The summed E-state index contributed by atoms with van der Waals surface area (Å²) in [6.45, 7) is 8.15. The zero-order valence-electron chi connectivity index (χ0n) is 17.7.